The number of aryl methyl sites for hydroxylation is 1. The van der Waals surface area contributed by atoms with Crippen LogP contribution in [0.4, 0.5) is 0 Å². The summed E-state index contributed by atoms with van der Waals surface area (Å²) >= 11 is 0. The molecule has 106 valence electrons. The largest absolute Gasteiger partial charge is 0.497 e. The standard InChI is InChI=1S/C16H26N2O/c1-4-13-11-16(19-3)6-5-14(13)12-18-9-7-15(17-2)8-10-18/h5-6,11,15,17H,4,7-10,12H2,1-3H3. The molecule has 0 spiro atoms. The Labute approximate surface area is 116 Å². The fraction of sp³-hybridized carbons (Fsp3) is 0.625. The molecule has 0 amide bonds. The van der Waals surface area contributed by atoms with Gasteiger partial charge in [-0.15, -0.1) is 0 Å². The molecule has 0 saturated carbocycles. The van der Waals surface area contributed by atoms with E-state index in [-0.39, 0.29) is 0 Å². The molecule has 1 N–H and O–H groups in total. The van der Waals surface area contributed by atoms with Crippen molar-refractivity contribution >= 4 is 0 Å². The van der Waals surface area contributed by atoms with Crippen LogP contribution in [0.15, 0.2) is 18.2 Å². The average molecular weight is 262 g/mol. The molecule has 2 rings (SSSR count). The summed E-state index contributed by atoms with van der Waals surface area (Å²) in [7, 11) is 3.80. The lowest BCUT2D eigenvalue weighted by atomic mass is 10.0. The lowest BCUT2D eigenvalue weighted by Crippen LogP contribution is -2.40. The molecule has 0 aliphatic carbocycles. The molecular weight excluding hydrogens is 236 g/mol. The zero-order chi connectivity index (χ0) is 13.7. The lowest BCUT2D eigenvalue weighted by molar-refractivity contribution is 0.194. The Bertz CT molecular complexity index is 398. The molecule has 1 fully saturated rings. The zero-order valence-corrected chi connectivity index (χ0v) is 12.4. The van der Waals surface area contributed by atoms with Crippen LogP contribution < -0.4 is 10.1 Å². The van der Waals surface area contributed by atoms with E-state index in [1.165, 1.54) is 37.1 Å². The Morgan fingerprint density at radius 3 is 2.58 bits per heavy atom. The SMILES string of the molecule is CCc1cc(OC)ccc1CN1CCC(NC)CC1. The molecule has 1 heterocycles. The Morgan fingerprint density at radius 1 is 1.26 bits per heavy atom. The normalized spacial score (nSPS) is 17.6. The van der Waals surface area contributed by atoms with Crippen LogP contribution in [0.2, 0.25) is 0 Å². The minimum atomic E-state index is 0.706. The van der Waals surface area contributed by atoms with Crippen molar-refractivity contribution in [2.45, 2.75) is 38.8 Å². The van der Waals surface area contributed by atoms with Gasteiger partial charge in [0.05, 0.1) is 7.11 Å². The molecule has 1 aliphatic rings. The number of hydrogen-bond acceptors (Lipinski definition) is 3. The molecule has 1 aromatic carbocycles. The van der Waals surface area contributed by atoms with E-state index in [1.54, 1.807) is 7.11 Å². The third-order valence-corrected chi connectivity index (χ3v) is 4.18. The molecule has 19 heavy (non-hydrogen) atoms. The van der Waals surface area contributed by atoms with Gasteiger partial charge >= 0.3 is 0 Å². The molecule has 0 unspecified atom stereocenters. The number of ether oxygens (including phenoxy) is 1. The molecule has 1 saturated heterocycles. The van der Waals surface area contributed by atoms with Crippen LogP contribution in [-0.4, -0.2) is 38.2 Å². The molecule has 1 aromatic rings. The van der Waals surface area contributed by atoms with Crippen molar-refractivity contribution in [3.8, 4) is 5.75 Å². The smallest absolute Gasteiger partial charge is 0.119 e. The third-order valence-electron chi connectivity index (χ3n) is 4.18. The minimum Gasteiger partial charge on any atom is -0.497 e. The van der Waals surface area contributed by atoms with Crippen LogP contribution in [0.3, 0.4) is 0 Å². The van der Waals surface area contributed by atoms with Crippen molar-refractivity contribution in [2.75, 3.05) is 27.2 Å². The summed E-state index contributed by atoms with van der Waals surface area (Å²) < 4.78 is 5.31. The Hall–Kier alpha value is -1.06. The summed E-state index contributed by atoms with van der Waals surface area (Å²) in [6.45, 7) is 5.68. The van der Waals surface area contributed by atoms with E-state index in [0.29, 0.717) is 6.04 Å². The van der Waals surface area contributed by atoms with Crippen molar-refractivity contribution in [2.24, 2.45) is 0 Å². The minimum absolute atomic E-state index is 0.706. The molecule has 0 atom stereocenters. The highest BCUT2D eigenvalue weighted by Crippen LogP contribution is 2.21. The molecule has 1 aliphatic heterocycles. The third kappa shape index (κ3) is 3.71. The molecular formula is C16H26N2O. The molecule has 3 nitrogen and oxygen atoms in total. The van der Waals surface area contributed by atoms with Gasteiger partial charge in [0, 0.05) is 12.6 Å². The first-order valence-corrected chi connectivity index (χ1v) is 7.32. The average Bonchev–Trinajstić information content (AvgIpc) is 2.48. The van der Waals surface area contributed by atoms with Crippen LogP contribution in [0.25, 0.3) is 0 Å². The number of likely N-dealkylation sites (tertiary alicyclic amines) is 1. The van der Waals surface area contributed by atoms with Crippen molar-refractivity contribution in [1.29, 1.82) is 0 Å². The van der Waals surface area contributed by atoms with Crippen LogP contribution in [-0.2, 0) is 13.0 Å². The Balaban J connectivity index is 1.99. The van der Waals surface area contributed by atoms with Gasteiger partial charge in [0.2, 0.25) is 0 Å². The topological polar surface area (TPSA) is 24.5 Å². The van der Waals surface area contributed by atoms with Crippen molar-refractivity contribution in [3.05, 3.63) is 29.3 Å². The molecule has 3 heteroatoms. The first-order chi connectivity index (χ1) is 9.26. The second kappa shape index (κ2) is 6.92. The van der Waals surface area contributed by atoms with Gasteiger partial charge in [0.25, 0.3) is 0 Å². The number of rotatable bonds is 5. The maximum atomic E-state index is 5.31. The summed E-state index contributed by atoms with van der Waals surface area (Å²) in [5, 5.41) is 3.38. The highest BCUT2D eigenvalue weighted by molar-refractivity contribution is 5.35. The number of nitrogens with one attached hydrogen (secondary N) is 1. The van der Waals surface area contributed by atoms with E-state index in [0.717, 1.165) is 18.7 Å². The van der Waals surface area contributed by atoms with E-state index in [2.05, 4.69) is 42.4 Å². The van der Waals surface area contributed by atoms with Gasteiger partial charge < -0.3 is 10.1 Å². The van der Waals surface area contributed by atoms with E-state index < -0.39 is 0 Å². The zero-order valence-electron chi connectivity index (χ0n) is 12.4. The first kappa shape index (κ1) is 14.4. The van der Waals surface area contributed by atoms with Gasteiger partial charge in [-0.25, -0.2) is 0 Å². The van der Waals surface area contributed by atoms with E-state index >= 15 is 0 Å². The summed E-state index contributed by atoms with van der Waals surface area (Å²) in [6, 6.07) is 7.18. The maximum absolute atomic E-state index is 5.31. The molecule has 0 bridgehead atoms. The fourth-order valence-electron chi connectivity index (χ4n) is 2.83. The highest BCUT2D eigenvalue weighted by atomic mass is 16.5. The monoisotopic (exact) mass is 262 g/mol. The number of nitrogens with zero attached hydrogens (tertiary/aromatic N) is 1. The van der Waals surface area contributed by atoms with Gasteiger partial charge in [0.1, 0.15) is 5.75 Å². The van der Waals surface area contributed by atoms with Crippen LogP contribution in [0.1, 0.15) is 30.9 Å². The second-order valence-electron chi connectivity index (χ2n) is 5.33. The first-order valence-electron chi connectivity index (χ1n) is 7.32. The summed E-state index contributed by atoms with van der Waals surface area (Å²) in [5.41, 5.74) is 2.86. The van der Waals surface area contributed by atoms with Crippen LogP contribution in [0.5, 0.6) is 5.75 Å². The Morgan fingerprint density at radius 2 is 2.00 bits per heavy atom. The van der Waals surface area contributed by atoms with Crippen molar-refractivity contribution in [1.82, 2.24) is 10.2 Å². The van der Waals surface area contributed by atoms with Gasteiger partial charge in [0.15, 0.2) is 0 Å². The van der Waals surface area contributed by atoms with Crippen LogP contribution >= 0.6 is 0 Å². The number of piperidine rings is 1. The maximum Gasteiger partial charge on any atom is 0.119 e. The van der Waals surface area contributed by atoms with Crippen LogP contribution in [0, 0.1) is 0 Å². The molecule has 0 aromatic heterocycles. The van der Waals surface area contributed by atoms with Gasteiger partial charge in [-0.2, -0.15) is 0 Å². The molecule has 0 radical (unpaired) electrons. The van der Waals surface area contributed by atoms with Gasteiger partial charge in [-0.3, -0.25) is 4.90 Å². The predicted molar refractivity (Wildman–Crippen MR) is 79.7 cm³/mol. The number of methoxy groups -OCH3 is 1. The van der Waals surface area contributed by atoms with E-state index in [4.69, 9.17) is 4.74 Å². The van der Waals surface area contributed by atoms with Crippen molar-refractivity contribution < 1.29 is 4.74 Å². The van der Waals surface area contributed by atoms with E-state index in [1.807, 2.05) is 0 Å². The van der Waals surface area contributed by atoms with Gasteiger partial charge in [-0.05, 0) is 62.7 Å². The fourth-order valence-corrected chi connectivity index (χ4v) is 2.83. The number of hydrogen-bond donors (Lipinski definition) is 1. The Kier molecular flexibility index (Phi) is 5.23. The quantitative estimate of drug-likeness (QED) is 0.882. The lowest BCUT2D eigenvalue weighted by Gasteiger charge is -2.32. The predicted octanol–water partition coefficient (Wildman–Crippen LogP) is 2.44. The summed E-state index contributed by atoms with van der Waals surface area (Å²) in [4.78, 5) is 2.56. The summed E-state index contributed by atoms with van der Waals surface area (Å²) in [6.07, 6.45) is 3.59. The summed E-state index contributed by atoms with van der Waals surface area (Å²) in [5.74, 6) is 0.967. The second-order valence-corrected chi connectivity index (χ2v) is 5.33. The highest BCUT2D eigenvalue weighted by Gasteiger charge is 2.18. The van der Waals surface area contributed by atoms with E-state index in [9.17, 15) is 0 Å². The van der Waals surface area contributed by atoms with Gasteiger partial charge in [-0.1, -0.05) is 13.0 Å². The van der Waals surface area contributed by atoms with Crippen molar-refractivity contribution in [3.63, 3.8) is 0 Å². The number of benzene rings is 1.